The average Bonchev–Trinajstić information content (AvgIpc) is 3.37. The molecule has 0 radical (unpaired) electrons. The van der Waals surface area contributed by atoms with Crippen LogP contribution in [0.3, 0.4) is 0 Å². The predicted octanol–water partition coefficient (Wildman–Crippen LogP) is 4.51. The third kappa shape index (κ3) is 7.29. The van der Waals surface area contributed by atoms with E-state index in [1.54, 1.807) is 12.5 Å². The van der Waals surface area contributed by atoms with Gasteiger partial charge in [-0.2, -0.15) is 0 Å². The van der Waals surface area contributed by atoms with Gasteiger partial charge in [-0.15, -0.1) is 0 Å². The molecule has 0 saturated heterocycles. The molecule has 1 aliphatic rings. The number of rotatable bonds is 12. The number of carbonyl (C=O) groups is 1. The number of imidazole rings is 1. The first-order valence-corrected chi connectivity index (χ1v) is 13.8. The lowest BCUT2D eigenvalue weighted by Gasteiger charge is -2.29. The molecule has 4 rings (SSSR count). The van der Waals surface area contributed by atoms with Gasteiger partial charge in [0.1, 0.15) is 18.0 Å². The van der Waals surface area contributed by atoms with Crippen molar-refractivity contribution in [2.24, 2.45) is 5.92 Å². The van der Waals surface area contributed by atoms with E-state index in [-0.39, 0.29) is 24.6 Å². The van der Waals surface area contributed by atoms with Crippen molar-refractivity contribution < 1.29 is 18.7 Å². The standard InChI is InChI=1S/C30H39F2N5O2/c1-4-7-26(35-23-11-10-20-12-22(31)13-25(32)24(20)14-23)30(39)36-29-16-37(18-34-29)28-9-6-5-8-21(28)15-33-27(17-38)19(2)3/h5-6,8-9,12-13,16,18-19,23,26-27,33,35,38H,4,7,10-11,14-15,17H2,1-3H3,(H,36,39)/t23-,26?,27+/m0/s1. The smallest absolute Gasteiger partial charge is 0.242 e. The minimum atomic E-state index is -0.552. The quantitative estimate of drug-likeness (QED) is 0.272. The molecule has 0 aliphatic heterocycles. The number of fused-ring (bicyclic) bond motifs is 1. The number of aliphatic hydroxyl groups excluding tert-OH is 1. The summed E-state index contributed by atoms with van der Waals surface area (Å²) in [6, 6.07) is 9.72. The molecule has 1 aromatic heterocycles. The van der Waals surface area contributed by atoms with E-state index in [1.165, 1.54) is 6.07 Å². The predicted molar refractivity (Wildman–Crippen MR) is 149 cm³/mol. The van der Waals surface area contributed by atoms with Crippen LogP contribution in [0.1, 0.15) is 56.7 Å². The lowest BCUT2D eigenvalue weighted by atomic mass is 9.87. The molecule has 0 saturated carbocycles. The van der Waals surface area contributed by atoms with E-state index in [0.717, 1.165) is 23.7 Å². The Bertz CT molecular complexity index is 1260. The van der Waals surface area contributed by atoms with Crippen molar-refractivity contribution >= 4 is 11.7 Å². The molecule has 39 heavy (non-hydrogen) atoms. The highest BCUT2D eigenvalue weighted by atomic mass is 19.1. The molecule has 3 atom stereocenters. The first kappa shape index (κ1) is 28.9. The Morgan fingerprint density at radius 3 is 2.77 bits per heavy atom. The van der Waals surface area contributed by atoms with E-state index in [0.29, 0.717) is 55.1 Å². The molecule has 0 fully saturated rings. The lowest BCUT2D eigenvalue weighted by Crippen LogP contribution is -2.48. The van der Waals surface area contributed by atoms with Crippen molar-refractivity contribution in [3.63, 3.8) is 0 Å². The van der Waals surface area contributed by atoms with Crippen molar-refractivity contribution in [3.05, 3.63) is 77.2 Å². The molecule has 3 aromatic rings. The largest absolute Gasteiger partial charge is 0.395 e. The average molecular weight is 540 g/mol. The number of aromatic nitrogens is 2. The van der Waals surface area contributed by atoms with Crippen molar-refractivity contribution in [2.45, 2.75) is 77.5 Å². The van der Waals surface area contributed by atoms with Gasteiger partial charge in [0, 0.05) is 24.7 Å². The van der Waals surface area contributed by atoms with E-state index >= 15 is 0 Å². The number of amides is 1. The van der Waals surface area contributed by atoms with E-state index in [4.69, 9.17) is 0 Å². The highest BCUT2D eigenvalue weighted by Crippen LogP contribution is 2.26. The minimum Gasteiger partial charge on any atom is -0.395 e. The third-order valence-electron chi connectivity index (χ3n) is 7.46. The number of nitrogens with one attached hydrogen (secondary N) is 3. The van der Waals surface area contributed by atoms with Crippen LogP contribution < -0.4 is 16.0 Å². The summed E-state index contributed by atoms with van der Waals surface area (Å²) in [7, 11) is 0. The molecule has 9 heteroatoms. The molecule has 1 unspecified atom stereocenters. The lowest BCUT2D eigenvalue weighted by molar-refractivity contribution is -0.118. The number of nitrogens with zero attached hydrogens (tertiary/aromatic N) is 2. The highest BCUT2D eigenvalue weighted by molar-refractivity contribution is 5.94. The third-order valence-corrected chi connectivity index (χ3v) is 7.46. The van der Waals surface area contributed by atoms with Crippen LogP contribution in [0.15, 0.2) is 48.9 Å². The minimum absolute atomic E-state index is 0.00556. The summed E-state index contributed by atoms with van der Waals surface area (Å²) in [6.45, 7) is 6.80. The summed E-state index contributed by atoms with van der Waals surface area (Å²) < 4.78 is 29.8. The molecular formula is C30H39F2N5O2. The Hall–Kier alpha value is -3.14. The second kappa shape index (κ2) is 13.3. The molecule has 1 heterocycles. The van der Waals surface area contributed by atoms with Crippen LogP contribution >= 0.6 is 0 Å². The number of anilines is 1. The Morgan fingerprint density at radius 1 is 1.23 bits per heavy atom. The van der Waals surface area contributed by atoms with Gasteiger partial charge < -0.3 is 25.6 Å². The van der Waals surface area contributed by atoms with Crippen molar-refractivity contribution in [2.75, 3.05) is 11.9 Å². The first-order valence-electron chi connectivity index (χ1n) is 13.8. The van der Waals surface area contributed by atoms with Gasteiger partial charge in [0.15, 0.2) is 5.82 Å². The zero-order valence-electron chi connectivity index (χ0n) is 22.9. The zero-order chi connectivity index (χ0) is 27.9. The van der Waals surface area contributed by atoms with Gasteiger partial charge in [0.05, 0.1) is 24.5 Å². The van der Waals surface area contributed by atoms with Crippen LogP contribution in [0.4, 0.5) is 14.6 Å². The van der Waals surface area contributed by atoms with E-state index < -0.39 is 17.7 Å². The first-order chi connectivity index (χ1) is 18.8. The number of aliphatic hydroxyl groups is 1. The number of halogens is 2. The number of benzene rings is 2. The maximum atomic E-state index is 14.4. The fourth-order valence-corrected chi connectivity index (χ4v) is 5.19. The van der Waals surface area contributed by atoms with Crippen LogP contribution in [0.2, 0.25) is 0 Å². The van der Waals surface area contributed by atoms with Crippen LogP contribution in [0.5, 0.6) is 0 Å². The monoisotopic (exact) mass is 539 g/mol. The summed E-state index contributed by atoms with van der Waals surface area (Å²) >= 11 is 0. The fraction of sp³-hybridized carbons (Fsp3) is 0.467. The van der Waals surface area contributed by atoms with Gasteiger partial charge in [-0.3, -0.25) is 4.79 Å². The van der Waals surface area contributed by atoms with Gasteiger partial charge in [-0.1, -0.05) is 45.4 Å². The Morgan fingerprint density at radius 2 is 2.03 bits per heavy atom. The highest BCUT2D eigenvalue weighted by Gasteiger charge is 2.27. The second-order valence-corrected chi connectivity index (χ2v) is 10.7. The fourth-order valence-electron chi connectivity index (χ4n) is 5.19. The van der Waals surface area contributed by atoms with Gasteiger partial charge >= 0.3 is 0 Å². The van der Waals surface area contributed by atoms with Crippen molar-refractivity contribution in [1.82, 2.24) is 20.2 Å². The van der Waals surface area contributed by atoms with E-state index in [9.17, 15) is 18.7 Å². The summed E-state index contributed by atoms with van der Waals surface area (Å²) in [6.07, 6.45) is 6.57. The van der Waals surface area contributed by atoms with Crippen molar-refractivity contribution in [1.29, 1.82) is 0 Å². The molecular weight excluding hydrogens is 500 g/mol. The van der Waals surface area contributed by atoms with Crippen LogP contribution in [0.25, 0.3) is 5.69 Å². The van der Waals surface area contributed by atoms with Gasteiger partial charge in [-0.25, -0.2) is 13.8 Å². The normalized spacial score (nSPS) is 16.6. The molecule has 7 nitrogen and oxygen atoms in total. The number of hydrogen-bond acceptors (Lipinski definition) is 5. The number of aryl methyl sites for hydroxylation is 1. The second-order valence-electron chi connectivity index (χ2n) is 10.7. The molecule has 0 spiro atoms. The molecule has 1 amide bonds. The van der Waals surface area contributed by atoms with Gasteiger partial charge in [-0.05, 0) is 60.4 Å². The Balaban J connectivity index is 1.41. The maximum absolute atomic E-state index is 14.4. The Kier molecular flexibility index (Phi) is 9.83. The summed E-state index contributed by atoms with van der Waals surface area (Å²) in [4.78, 5) is 17.7. The van der Waals surface area contributed by atoms with Gasteiger partial charge in [0.2, 0.25) is 5.91 Å². The molecule has 4 N–H and O–H groups in total. The topological polar surface area (TPSA) is 91.2 Å². The van der Waals surface area contributed by atoms with E-state index in [1.807, 2.05) is 35.8 Å². The van der Waals surface area contributed by atoms with Gasteiger partial charge in [0.25, 0.3) is 0 Å². The molecule has 210 valence electrons. The summed E-state index contributed by atoms with van der Waals surface area (Å²) in [5.74, 6) is -0.525. The van der Waals surface area contributed by atoms with Crippen LogP contribution in [-0.2, 0) is 24.2 Å². The number of para-hydroxylation sites is 1. The Labute approximate surface area is 229 Å². The zero-order valence-corrected chi connectivity index (χ0v) is 22.9. The van der Waals surface area contributed by atoms with Crippen LogP contribution in [0, 0.1) is 17.6 Å². The van der Waals surface area contributed by atoms with E-state index in [2.05, 4.69) is 34.8 Å². The molecule has 2 aromatic carbocycles. The summed E-state index contributed by atoms with van der Waals surface area (Å²) in [5, 5.41) is 19.4. The number of hydrogen-bond donors (Lipinski definition) is 4. The van der Waals surface area contributed by atoms with Crippen LogP contribution in [-0.4, -0.2) is 45.3 Å². The van der Waals surface area contributed by atoms with Crippen molar-refractivity contribution in [3.8, 4) is 5.69 Å². The summed E-state index contributed by atoms with van der Waals surface area (Å²) in [5.41, 5.74) is 3.21. The molecule has 1 aliphatic carbocycles. The SMILES string of the molecule is CCCC(N[C@H]1CCc2cc(F)cc(F)c2C1)C(=O)Nc1cn(-c2ccccc2CN[C@H](CO)C(C)C)cn1. The molecule has 0 bridgehead atoms. The number of carbonyl (C=O) groups excluding carboxylic acids is 1. The maximum Gasteiger partial charge on any atom is 0.242 e.